The second-order valence-electron chi connectivity index (χ2n) is 3.99. The summed E-state index contributed by atoms with van der Waals surface area (Å²) >= 11 is 1.62. The van der Waals surface area contributed by atoms with Crippen LogP contribution in [0.4, 0.5) is 5.69 Å². The predicted octanol–water partition coefficient (Wildman–Crippen LogP) is -1.66. The summed E-state index contributed by atoms with van der Waals surface area (Å²) in [5.74, 6) is 0. The van der Waals surface area contributed by atoms with Gasteiger partial charge in [0.15, 0.2) is 0 Å². The SMILES string of the molecule is N=c1cccc2sc3cc(N)ccc3nc1-2.[O-][Cl+3]([O-])([O-])O. The Labute approximate surface area is 125 Å². The summed E-state index contributed by atoms with van der Waals surface area (Å²) in [6.07, 6.45) is 0. The third-order valence-corrected chi connectivity index (χ3v) is 3.53. The first-order chi connectivity index (χ1) is 9.74. The Morgan fingerprint density at radius 3 is 2.52 bits per heavy atom. The van der Waals surface area contributed by atoms with Crippen LogP contribution in [-0.4, -0.2) is 9.64 Å². The largest absolute Gasteiger partial charge is 0.399 e. The van der Waals surface area contributed by atoms with E-state index in [1.54, 1.807) is 17.4 Å². The molecule has 0 aromatic heterocycles. The van der Waals surface area contributed by atoms with Gasteiger partial charge in [0.2, 0.25) is 0 Å². The number of benzene rings is 2. The molecule has 1 aliphatic heterocycles. The number of fused-ring (bicyclic) bond motifs is 2. The van der Waals surface area contributed by atoms with E-state index in [2.05, 4.69) is 4.98 Å². The highest BCUT2D eigenvalue weighted by Crippen LogP contribution is 2.29. The van der Waals surface area contributed by atoms with E-state index in [0.29, 0.717) is 5.36 Å². The van der Waals surface area contributed by atoms with Gasteiger partial charge in [0.05, 0.1) is 35.4 Å². The van der Waals surface area contributed by atoms with Gasteiger partial charge in [-0.25, -0.2) is 4.98 Å². The summed E-state index contributed by atoms with van der Waals surface area (Å²) in [4.78, 5) is 5.50. The van der Waals surface area contributed by atoms with Crippen molar-refractivity contribution in [2.45, 2.75) is 0 Å². The van der Waals surface area contributed by atoms with E-state index >= 15 is 0 Å². The second kappa shape index (κ2) is 5.90. The number of nitrogens with two attached hydrogens (primary N) is 1. The maximum absolute atomic E-state index is 8.60. The average molecular weight is 328 g/mol. The summed E-state index contributed by atoms with van der Waals surface area (Å²) in [7, 11) is -4.69. The molecule has 1 aromatic carbocycles. The van der Waals surface area contributed by atoms with E-state index < -0.39 is 10.2 Å². The first-order valence-electron chi connectivity index (χ1n) is 5.51. The number of aromatic nitrogens is 1. The molecule has 4 N–H and O–H groups in total. The summed E-state index contributed by atoms with van der Waals surface area (Å²) < 4.78 is 33.8. The molecule has 110 valence electrons. The minimum absolute atomic E-state index is 0.465. The van der Waals surface area contributed by atoms with Crippen molar-refractivity contribution in [2.24, 2.45) is 0 Å². The van der Waals surface area contributed by atoms with Gasteiger partial charge in [-0.1, -0.05) is 6.07 Å². The van der Waals surface area contributed by atoms with Crippen molar-refractivity contribution in [3.05, 3.63) is 41.8 Å². The second-order valence-corrected chi connectivity index (χ2v) is 5.87. The molecule has 21 heavy (non-hydrogen) atoms. The molecule has 0 saturated carbocycles. The zero-order valence-corrected chi connectivity index (χ0v) is 12.0. The number of anilines is 1. The Kier molecular flexibility index (Phi) is 4.37. The maximum Gasteiger partial charge on any atom is 0.106 e. The van der Waals surface area contributed by atoms with Crippen LogP contribution in [0.3, 0.4) is 0 Å². The normalized spacial score (nSPS) is 11.2. The molecule has 0 saturated heterocycles. The van der Waals surface area contributed by atoms with Gasteiger partial charge in [-0.05, 0) is 30.3 Å². The summed E-state index contributed by atoms with van der Waals surface area (Å²) in [6.45, 7) is 0. The fourth-order valence-corrected chi connectivity index (χ4v) is 2.71. The molecule has 0 spiro atoms. The van der Waals surface area contributed by atoms with Crippen LogP contribution in [-0.2, 0) is 0 Å². The number of nitrogen functional groups attached to an aromatic ring is 1. The van der Waals surface area contributed by atoms with Gasteiger partial charge in [-0.2, -0.15) is 14.0 Å². The van der Waals surface area contributed by atoms with Crippen molar-refractivity contribution in [2.75, 3.05) is 5.73 Å². The molecule has 3 rings (SSSR count). The summed E-state index contributed by atoms with van der Waals surface area (Å²) in [5, 5.41) is 8.27. The molecule has 0 unspecified atom stereocenters. The minimum Gasteiger partial charge on any atom is -0.399 e. The van der Waals surface area contributed by atoms with Crippen LogP contribution >= 0.6 is 11.3 Å². The zero-order valence-electron chi connectivity index (χ0n) is 10.4. The third kappa shape index (κ3) is 4.33. The smallest absolute Gasteiger partial charge is 0.106 e. The molecular formula is C12H10ClN3O4S. The van der Waals surface area contributed by atoms with Crippen molar-refractivity contribution < 1.29 is 28.9 Å². The van der Waals surface area contributed by atoms with E-state index in [9.17, 15) is 0 Å². The van der Waals surface area contributed by atoms with Crippen LogP contribution in [0.5, 0.6) is 0 Å². The number of nitrogens with zero attached hydrogens (tertiary/aromatic N) is 1. The van der Waals surface area contributed by atoms with E-state index in [-0.39, 0.29) is 0 Å². The summed E-state index contributed by atoms with van der Waals surface area (Å²) in [6, 6.07) is 11.3. The molecule has 2 aliphatic rings. The van der Waals surface area contributed by atoms with Crippen LogP contribution in [0.25, 0.3) is 20.8 Å². The quantitative estimate of drug-likeness (QED) is 0.332. The Hall–Kier alpha value is -1.81. The number of hydrogen-bond donors (Lipinski definition) is 3. The molecule has 7 nitrogen and oxygen atoms in total. The van der Waals surface area contributed by atoms with E-state index in [1.807, 2.05) is 30.3 Å². The molecule has 0 bridgehead atoms. The molecule has 0 amide bonds. The van der Waals surface area contributed by atoms with Gasteiger partial charge < -0.3 is 5.73 Å². The van der Waals surface area contributed by atoms with Gasteiger partial charge in [0.1, 0.15) is 5.69 Å². The van der Waals surface area contributed by atoms with Crippen LogP contribution in [0.1, 0.15) is 0 Å². The lowest BCUT2D eigenvalue weighted by molar-refractivity contribution is -1.92. The van der Waals surface area contributed by atoms with E-state index in [0.717, 1.165) is 26.5 Å². The number of hydrogen-bond acceptors (Lipinski definition) is 8. The third-order valence-electron chi connectivity index (χ3n) is 2.44. The predicted molar refractivity (Wildman–Crippen MR) is 68.7 cm³/mol. The van der Waals surface area contributed by atoms with Gasteiger partial charge in [-0.3, -0.25) is 5.41 Å². The van der Waals surface area contributed by atoms with E-state index in [1.165, 1.54) is 0 Å². The van der Waals surface area contributed by atoms with Crippen LogP contribution < -0.4 is 25.1 Å². The lowest BCUT2D eigenvalue weighted by Gasteiger charge is -2.05. The van der Waals surface area contributed by atoms with Gasteiger partial charge >= 0.3 is 0 Å². The monoisotopic (exact) mass is 327 g/mol. The Morgan fingerprint density at radius 2 is 1.86 bits per heavy atom. The zero-order chi connectivity index (χ0) is 15.6. The lowest BCUT2D eigenvalue weighted by atomic mass is 10.2. The highest BCUT2D eigenvalue weighted by Gasteiger charge is 2.07. The van der Waals surface area contributed by atoms with Crippen molar-refractivity contribution in [3.8, 4) is 10.6 Å². The van der Waals surface area contributed by atoms with Crippen LogP contribution in [0.2, 0.25) is 0 Å². The topological polar surface area (TPSA) is 152 Å². The molecule has 0 atom stereocenters. The Bertz CT molecular complexity index is 797. The first kappa shape index (κ1) is 15.6. The van der Waals surface area contributed by atoms with Crippen LogP contribution in [0.15, 0.2) is 36.4 Å². The fraction of sp³-hybridized carbons (Fsp3) is 0. The minimum atomic E-state index is -4.69. The number of nitrogens with one attached hydrogen (secondary N) is 1. The lowest BCUT2D eigenvalue weighted by Crippen LogP contribution is -2.58. The van der Waals surface area contributed by atoms with Gasteiger partial charge in [0.25, 0.3) is 0 Å². The van der Waals surface area contributed by atoms with Crippen molar-refractivity contribution in [1.82, 2.24) is 4.98 Å². The Morgan fingerprint density at radius 1 is 1.19 bits per heavy atom. The molecule has 9 heteroatoms. The average Bonchev–Trinajstić information content (AvgIpc) is 2.35. The maximum atomic E-state index is 8.60. The van der Waals surface area contributed by atoms with E-state index in [4.69, 9.17) is 29.8 Å². The molecule has 1 heterocycles. The van der Waals surface area contributed by atoms with Crippen molar-refractivity contribution >= 4 is 27.2 Å². The molecule has 1 aromatic rings. The number of rotatable bonds is 0. The van der Waals surface area contributed by atoms with Crippen molar-refractivity contribution in [1.29, 1.82) is 5.41 Å². The molecule has 1 aliphatic carbocycles. The van der Waals surface area contributed by atoms with Gasteiger partial charge in [0, 0.05) is 5.69 Å². The summed E-state index contributed by atoms with van der Waals surface area (Å²) in [5.41, 5.74) is 8.13. The highest BCUT2D eigenvalue weighted by atomic mass is 35.7. The van der Waals surface area contributed by atoms with Crippen LogP contribution in [0, 0.1) is 15.7 Å². The Balaban J connectivity index is 0.000000282. The van der Waals surface area contributed by atoms with Crippen molar-refractivity contribution in [3.63, 3.8) is 0 Å². The first-order valence-corrected chi connectivity index (χ1v) is 7.59. The number of halogens is 1. The fourth-order valence-electron chi connectivity index (χ4n) is 1.66. The molecule has 0 fully saturated rings. The molecular weight excluding hydrogens is 318 g/mol. The molecule has 0 radical (unpaired) electrons. The standard InChI is InChI=1S/C12H9N3S.ClHO4/c13-7-4-5-9-11(6-7)16-10-3-1-2-8(14)12(10)15-9;2-1(3,4)5/h1-6,14H,13H2;(H,2,3,4,5). The highest BCUT2D eigenvalue weighted by molar-refractivity contribution is 7.21. The van der Waals surface area contributed by atoms with Gasteiger partial charge in [-0.15, -0.1) is 11.3 Å². The number of para-hydroxylation sites is 1.